The largest absolute Gasteiger partial charge is 0.486 e. The number of carbonyl (C=O) groups is 1. The maximum atomic E-state index is 12.7. The van der Waals surface area contributed by atoms with Crippen molar-refractivity contribution >= 4 is 5.91 Å². The van der Waals surface area contributed by atoms with Crippen molar-refractivity contribution in [2.75, 3.05) is 13.2 Å². The number of ether oxygens (including phenoxy) is 2. The van der Waals surface area contributed by atoms with Gasteiger partial charge in [-0.25, -0.2) is 4.68 Å². The number of hydrogen-bond donors (Lipinski definition) is 1. The van der Waals surface area contributed by atoms with Crippen LogP contribution in [-0.2, 0) is 11.3 Å². The zero-order chi connectivity index (χ0) is 21.1. The van der Waals surface area contributed by atoms with Crippen molar-refractivity contribution in [1.29, 1.82) is 5.26 Å². The van der Waals surface area contributed by atoms with Crippen molar-refractivity contribution < 1.29 is 14.3 Å². The molecule has 1 atom stereocenters. The second kappa shape index (κ2) is 8.35. The lowest BCUT2D eigenvalue weighted by molar-refractivity contribution is -0.123. The first-order valence-electron chi connectivity index (χ1n) is 9.49. The van der Waals surface area contributed by atoms with E-state index in [1.165, 1.54) is 0 Å². The van der Waals surface area contributed by atoms with Gasteiger partial charge in [0.05, 0.1) is 11.7 Å². The van der Waals surface area contributed by atoms with Crippen LogP contribution in [0.2, 0.25) is 0 Å². The second-order valence-electron chi connectivity index (χ2n) is 7.35. The highest BCUT2D eigenvalue weighted by Crippen LogP contribution is 2.34. The van der Waals surface area contributed by atoms with Gasteiger partial charge in [-0.15, -0.1) is 0 Å². The Morgan fingerprint density at radius 2 is 1.97 bits per heavy atom. The van der Waals surface area contributed by atoms with Crippen LogP contribution in [0.5, 0.6) is 11.5 Å². The lowest BCUT2D eigenvalue weighted by Crippen LogP contribution is -2.38. The summed E-state index contributed by atoms with van der Waals surface area (Å²) in [4.78, 5) is 25.1. The Bertz CT molecular complexity index is 1040. The summed E-state index contributed by atoms with van der Waals surface area (Å²) in [5.41, 5.74) is 1.41. The van der Waals surface area contributed by atoms with Gasteiger partial charge in [0.25, 0.3) is 5.56 Å². The summed E-state index contributed by atoms with van der Waals surface area (Å²) in [6.45, 7) is 8.10. The molecular weight excluding hydrogens is 372 g/mol. The minimum Gasteiger partial charge on any atom is -0.486 e. The van der Waals surface area contributed by atoms with Gasteiger partial charge >= 0.3 is 0 Å². The van der Waals surface area contributed by atoms with Crippen LogP contribution in [0, 0.1) is 31.1 Å². The maximum absolute atomic E-state index is 12.7. The van der Waals surface area contributed by atoms with E-state index in [0.29, 0.717) is 36.0 Å². The first-order chi connectivity index (χ1) is 13.8. The van der Waals surface area contributed by atoms with Crippen LogP contribution < -0.4 is 20.3 Å². The molecule has 0 saturated carbocycles. The molecule has 8 nitrogen and oxygen atoms in total. The average Bonchev–Trinajstić information content (AvgIpc) is 2.70. The Morgan fingerprint density at radius 3 is 2.62 bits per heavy atom. The van der Waals surface area contributed by atoms with Gasteiger partial charge < -0.3 is 14.8 Å². The summed E-state index contributed by atoms with van der Waals surface area (Å²) in [5.74, 6) is 1.07. The highest BCUT2D eigenvalue weighted by Gasteiger charge is 2.22. The van der Waals surface area contributed by atoms with Gasteiger partial charge in [-0.1, -0.05) is 19.9 Å². The number of benzene rings is 1. The molecule has 1 aromatic carbocycles. The molecule has 29 heavy (non-hydrogen) atoms. The molecule has 1 amide bonds. The first kappa shape index (κ1) is 20.4. The molecule has 1 aromatic heterocycles. The molecule has 8 heteroatoms. The average molecular weight is 396 g/mol. The molecule has 0 aliphatic carbocycles. The molecule has 2 aromatic rings. The van der Waals surface area contributed by atoms with E-state index in [-0.39, 0.29) is 30.0 Å². The van der Waals surface area contributed by atoms with Crippen molar-refractivity contribution in [3.8, 4) is 17.6 Å². The normalized spacial score (nSPS) is 13.7. The number of nitriles is 1. The molecule has 1 aliphatic rings. The van der Waals surface area contributed by atoms with Gasteiger partial charge in [0.2, 0.25) is 5.91 Å². The quantitative estimate of drug-likeness (QED) is 0.829. The standard InChI is InChI=1S/C21H24N4O4/c1-12(2)20(15-5-6-17-18(9-15)29-8-7-28-17)23-19(26)11-25-21(27)16(10-22)13(3)14(4)24-25/h5-6,9,12,20H,7-8,11H2,1-4H3,(H,23,26)/t20-/m0/s1. The van der Waals surface area contributed by atoms with Crippen LogP contribution in [0.15, 0.2) is 23.0 Å². The number of aromatic nitrogens is 2. The monoisotopic (exact) mass is 396 g/mol. The Hall–Kier alpha value is -3.34. The highest BCUT2D eigenvalue weighted by molar-refractivity contribution is 5.76. The van der Waals surface area contributed by atoms with E-state index in [0.717, 1.165) is 10.2 Å². The molecule has 0 bridgehead atoms. The van der Waals surface area contributed by atoms with Gasteiger partial charge in [-0.2, -0.15) is 10.4 Å². The van der Waals surface area contributed by atoms with Crippen LogP contribution in [0.25, 0.3) is 0 Å². The minimum absolute atomic E-state index is 0.0116. The minimum atomic E-state index is -0.564. The predicted octanol–water partition coefficient (Wildman–Crippen LogP) is 2.02. The van der Waals surface area contributed by atoms with E-state index in [1.807, 2.05) is 38.1 Å². The number of fused-ring (bicyclic) bond motifs is 1. The number of aryl methyl sites for hydroxylation is 1. The Labute approximate surface area is 169 Å². The van der Waals surface area contributed by atoms with Crippen molar-refractivity contribution in [3.05, 3.63) is 50.9 Å². The number of hydrogen-bond acceptors (Lipinski definition) is 6. The third-order valence-corrected chi connectivity index (χ3v) is 4.95. The molecule has 0 spiro atoms. The van der Waals surface area contributed by atoms with E-state index in [2.05, 4.69) is 10.4 Å². The molecule has 152 valence electrons. The molecule has 0 fully saturated rings. The smallest absolute Gasteiger partial charge is 0.285 e. The van der Waals surface area contributed by atoms with Crippen molar-refractivity contribution in [1.82, 2.24) is 15.1 Å². The predicted molar refractivity (Wildman–Crippen MR) is 106 cm³/mol. The summed E-state index contributed by atoms with van der Waals surface area (Å²) < 4.78 is 12.2. The SMILES string of the molecule is Cc1nn(CC(=O)N[C@H](c2ccc3c(c2)OCCO3)C(C)C)c(=O)c(C#N)c1C. The summed E-state index contributed by atoms with van der Waals surface area (Å²) in [6, 6.07) is 7.22. The fraction of sp³-hybridized carbons (Fsp3) is 0.429. The molecule has 3 rings (SSSR count). The van der Waals surface area contributed by atoms with Crippen LogP contribution in [0.1, 0.15) is 42.3 Å². The Kier molecular flexibility index (Phi) is 5.87. The molecule has 2 heterocycles. The molecule has 0 unspecified atom stereocenters. The number of amides is 1. The summed E-state index contributed by atoms with van der Waals surface area (Å²) >= 11 is 0. The van der Waals surface area contributed by atoms with Crippen LogP contribution >= 0.6 is 0 Å². The van der Waals surface area contributed by atoms with Crippen molar-refractivity contribution in [3.63, 3.8) is 0 Å². The second-order valence-corrected chi connectivity index (χ2v) is 7.35. The lowest BCUT2D eigenvalue weighted by atomic mass is 9.95. The van der Waals surface area contributed by atoms with E-state index in [1.54, 1.807) is 13.8 Å². The zero-order valence-electron chi connectivity index (χ0n) is 17.0. The van der Waals surface area contributed by atoms with Gasteiger partial charge in [-0.05, 0) is 43.0 Å². The van der Waals surface area contributed by atoms with Gasteiger partial charge in [0, 0.05) is 0 Å². The van der Waals surface area contributed by atoms with Crippen molar-refractivity contribution in [2.45, 2.75) is 40.3 Å². The zero-order valence-corrected chi connectivity index (χ0v) is 17.0. The summed E-state index contributed by atoms with van der Waals surface area (Å²) in [6.07, 6.45) is 0. The van der Waals surface area contributed by atoms with Crippen LogP contribution in [0.4, 0.5) is 0 Å². The van der Waals surface area contributed by atoms with E-state index < -0.39 is 5.56 Å². The topological polar surface area (TPSA) is 106 Å². The molecule has 0 saturated heterocycles. The van der Waals surface area contributed by atoms with Gasteiger partial charge in [0.1, 0.15) is 31.4 Å². The number of nitrogens with one attached hydrogen (secondary N) is 1. The van der Waals surface area contributed by atoms with Crippen LogP contribution in [0.3, 0.4) is 0 Å². The lowest BCUT2D eigenvalue weighted by Gasteiger charge is -2.25. The summed E-state index contributed by atoms with van der Waals surface area (Å²) in [5, 5.41) is 16.4. The first-order valence-corrected chi connectivity index (χ1v) is 9.49. The van der Waals surface area contributed by atoms with Gasteiger partial charge in [0.15, 0.2) is 11.5 Å². The fourth-order valence-electron chi connectivity index (χ4n) is 3.25. The Morgan fingerprint density at radius 1 is 1.28 bits per heavy atom. The van der Waals surface area contributed by atoms with E-state index in [4.69, 9.17) is 9.47 Å². The van der Waals surface area contributed by atoms with Gasteiger partial charge in [-0.3, -0.25) is 9.59 Å². The Balaban J connectivity index is 1.82. The highest BCUT2D eigenvalue weighted by atomic mass is 16.6. The molecule has 1 N–H and O–H groups in total. The third kappa shape index (κ3) is 4.24. The summed E-state index contributed by atoms with van der Waals surface area (Å²) in [7, 11) is 0. The molecule has 0 radical (unpaired) electrons. The number of carbonyl (C=O) groups excluding carboxylic acids is 1. The third-order valence-electron chi connectivity index (χ3n) is 4.95. The van der Waals surface area contributed by atoms with Crippen molar-refractivity contribution in [2.24, 2.45) is 5.92 Å². The molecule has 1 aliphatic heterocycles. The van der Waals surface area contributed by atoms with Crippen LogP contribution in [-0.4, -0.2) is 28.9 Å². The molecular formula is C21H24N4O4. The maximum Gasteiger partial charge on any atom is 0.285 e. The van der Waals surface area contributed by atoms with E-state index in [9.17, 15) is 14.9 Å². The fourth-order valence-corrected chi connectivity index (χ4v) is 3.25. The van der Waals surface area contributed by atoms with E-state index >= 15 is 0 Å². The number of rotatable bonds is 5. The number of nitrogens with zero attached hydrogens (tertiary/aromatic N) is 3.